The van der Waals surface area contributed by atoms with Crippen molar-refractivity contribution in [2.75, 3.05) is 13.1 Å². The summed E-state index contributed by atoms with van der Waals surface area (Å²) in [5.74, 6) is -0.842. The van der Waals surface area contributed by atoms with Gasteiger partial charge in [0, 0.05) is 5.56 Å². The summed E-state index contributed by atoms with van der Waals surface area (Å²) in [4.78, 5) is 13.4. The number of amides is 1. The van der Waals surface area contributed by atoms with Crippen molar-refractivity contribution in [2.45, 2.75) is 18.9 Å². The van der Waals surface area contributed by atoms with Gasteiger partial charge in [-0.1, -0.05) is 18.2 Å². The summed E-state index contributed by atoms with van der Waals surface area (Å²) in [6.45, 7) is 1.61. The normalized spacial score (nSPS) is 18.6. The van der Waals surface area contributed by atoms with E-state index in [1.807, 2.05) is 4.90 Å². The zero-order valence-corrected chi connectivity index (χ0v) is 9.03. The van der Waals surface area contributed by atoms with Gasteiger partial charge in [0.1, 0.15) is 11.9 Å². The quantitative estimate of drug-likeness (QED) is 0.841. The molecule has 0 radical (unpaired) electrons. The van der Waals surface area contributed by atoms with Crippen LogP contribution in [-0.2, 0) is 4.79 Å². The van der Waals surface area contributed by atoms with Crippen molar-refractivity contribution in [1.82, 2.24) is 4.90 Å². The molecular weight excluding hydrogens is 207 g/mol. The van der Waals surface area contributed by atoms with Gasteiger partial charge in [0.2, 0.25) is 5.91 Å². The lowest BCUT2D eigenvalue weighted by atomic mass is 10.0. The molecule has 1 amide bonds. The number of benzene rings is 1. The van der Waals surface area contributed by atoms with Crippen LogP contribution >= 0.6 is 0 Å². The molecule has 2 N–H and O–H groups in total. The first-order chi connectivity index (χ1) is 7.70. The molecule has 0 bridgehead atoms. The average molecular weight is 222 g/mol. The van der Waals surface area contributed by atoms with Gasteiger partial charge in [-0.15, -0.1) is 0 Å². The lowest BCUT2D eigenvalue weighted by Crippen LogP contribution is -2.36. The first kappa shape index (κ1) is 11.1. The molecule has 1 atom stereocenters. The minimum absolute atomic E-state index is 0.363. The number of likely N-dealkylation sites (tertiary alicyclic amines) is 1. The summed E-state index contributed by atoms with van der Waals surface area (Å²) in [6.07, 6.45) is 2.08. The van der Waals surface area contributed by atoms with Crippen molar-refractivity contribution in [3.63, 3.8) is 0 Å². The number of hydrogen-bond donors (Lipinski definition) is 1. The van der Waals surface area contributed by atoms with E-state index in [0.717, 1.165) is 25.9 Å². The Morgan fingerprint density at radius 1 is 1.31 bits per heavy atom. The Morgan fingerprint density at radius 2 is 1.94 bits per heavy atom. The van der Waals surface area contributed by atoms with E-state index in [-0.39, 0.29) is 5.82 Å². The number of nitrogens with two attached hydrogens (primary N) is 1. The van der Waals surface area contributed by atoms with E-state index in [1.165, 1.54) is 6.07 Å². The van der Waals surface area contributed by atoms with E-state index < -0.39 is 11.9 Å². The van der Waals surface area contributed by atoms with Crippen LogP contribution in [0.15, 0.2) is 24.3 Å². The van der Waals surface area contributed by atoms with E-state index in [2.05, 4.69) is 0 Å². The number of carbonyl (C=O) groups is 1. The highest BCUT2D eigenvalue weighted by Crippen LogP contribution is 2.26. The fraction of sp³-hybridized carbons (Fsp3) is 0.417. The predicted molar refractivity (Wildman–Crippen MR) is 59.1 cm³/mol. The van der Waals surface area contributed by atoms with Crippen molar-refractivity contribution in [3.8, 4) is 0 Å². The van der Waals surface area contributed by atoms with Gasteiger partial charge >= 0.3 is 0 Å². The highest BCUT2D eigenvalue weighted by molar-refractivity contribution is 5.81. The summed E-state index contributed by atoms with van der Waals surface area (Å²) in [6, 6.07) is 5.71. The van der Waals surface area contributed by atoms with Gasteiger partial charge in [-0.2, -0.15) is 0 Å². The molecule has 1 saturated heterocycles. The molecule has 1 heterocycles. The molecule has 1 aliphatic rings. The summed E-state index contributed by atoms with van der Waals surface area (Å²) in [5, 5.41) is 0. The van der Waals surface area contributed by atoms with Gasteiger partial charge in [-0.3, -0.25) is 9.69 Å². The Hall–Kier alpha value is -1.42. The van der Waals surface area contributed by atoms with Crippen LogP contribution in [0.1, 0.15) is 24.4 Å². The summed E-state index contributed by atoms with van der Waals surface area (Å²) in [5.41, 5.74) is 5.76. The third-order valence-electron chi connectivity index (χ3n) is 2.98. The summed E-state index contributed by atoms with van der Waals surface area (Å²) in [7, 11) is 0. The van der Waals surface area contributed by atoms with Crippen LogP contribution in [0.4, 0.5) is 4.39 Å². The zero-order valence-electron chi connectivity index (χ0n) is 9.03. The maximum absolute atomic E-state index is 13.6. The van der Waals surface area contributed by atoms with Crippen molar-refractivity contribution in [2.24, 2.45) is 5.73 Å². The Morgan fingerprint density at radius 3 is 2.50 bits per heavy atom. The van der Waals surface area contributed by atoms with Crippen LogP contribution in [0.3, 0.4) is 0 Å². The maximum Gasteiger partial charge on any atom is 0.239 e. The molecule has 1 fully saturated rings. The number of nitrogens with zero attached hydrogens (tertiary/aromatic N) is 1. The minimum atomic E-state index is -0.622. The fourth-order valence-corrected chi connectivity index (χ4v) is 2.23. The monoisotopic (exact) mass is 222 g/mol. The molecule has 0 aromatic heterocycles. The average Bonchev–Trinajstić information content (AvgIpc) is 2.74. The number of carbonyl (C=O) groups excluding carboxylic acids is 1. The predicted octanol–water partition coefficient (Wildman–Crippen LogP) is 1.45. The first-order valence-corrected chi connectivity index (χ1v) is 5.48. The smallest absolute Gasteiger partial charge is 0.239 e. The summed E-state index contributed by atoms with van der Waals surface area (Å²) < 4.78 is 13.6. The number of hydrogen-bond acceptors (Lipinski definition) is 2. The van der Waals surface area contributed by atoms with Crippen molar-refractivity contribution in [3.05, 3.63) is 35.6 Å². The maximum atomic E-state index is 13.6. The van der Waals surface area contributed by atoms with Crippen molar-refractivity contribution >= 4 is 5.91 Å². The number of halogens is 1. The van der Waals surface area contributed by atoms with Crippen LogP contribution in [-0.4, -0.2) is 23.9 Å². The van der Waals surface area contributed by atoms with E-state index in [1.54, 1.807) is 18.2 Å². The van der Waals surface area contributed by atoms with Gasteiger partial charge in [0.05, 0.1) is 0 Å². The molecule has 86 valence electrons. The molecule has 1 aliphatic heterocycles. The molecule has 0 spiro atoms. The van der Waals surface area contributed by atoms with Crippen LogP contribution in [0, 0.1) is 5.82 Å². The van der Waals surface area contributed by atoms with Crippen LogP contribution < -0.4 is 5.73 Å². The van der Waals surface area contributed by atoms with Crippen LogP contribution in [0.2, 0.25) is 0 Å². The standard InChI is InChI=1S/C12H15FN2O/c13-10-6-2-1-5-9(10)11(12(14)16)15-7-3-4-8-15/h1-2,5-6,11H,3-4,7-8H2,(H2,14,16). The molecule has 1 unspecified atom stereocenters. The SMILES string of the molecule is NC(=O)C(c1ccccc1F)N1CCCC1. The molecule has 0 aliphatic carbocycles. The summed E-state index contributed by atoms with van der Waals surface area (Å²) >= 11 is 0. The molecule has 2 rings (SSSR count). The van der Waals surface area contributed by atoms with E-state index in [0.29, 0.717) is 5.56 Å². The molecule has 0 saturated carbocycles. The Bertz CT molecular complexity index is 388. The second-order valence-corrected chi connectivity index (χ2v) is 4.07. The third-order valence-corrected chi connectivity index (χ3v) is 2.98. The molecule has 3 nitrogen and oxygen atoms in total. The largest absolute Gasteiger partial charge is 0.368 e. The highest BCUT2D eigenvalue weighted by Gasteiger charge is 2.29. The van der Waals surface area contributed by atoms with Gasteiger partial charge < -0.3 is 5.73 Å². The fourth-order valence-electron chi connectivity index (χ4n) is 2.23. The lowest BCUT2D eigenvalue weighted by Gasteiger charge is -2.25. The van der Waals surface area contributed by atoms with E-state index in [4.69, 9.17) is 5.73 Å². The minimum Gasteiger partial charge on any atom is -0.368 e. The van der Waals surface area contributed by atoms with E-state index >= 15 is 0 Å². The molecular formula is C12H15FN2O. The van der Waals surface area contributed by atoms with Crippen molar-refractivity contribution < 1.29 is 9.18 Å². The van der Waals surface area contributed by atoms with Crippen molar-refractivity contribution in [1.29, 1.82) is 0 Å². The first-order valence-electron chi connectivity index (χ1n) is 5.48. The molecule has 16 heavy (non-hydrogen) atoms. The van der Waals surface area contributed by atoms with Gasteiger partial charge in [0.15, 0.2) is 0 Å². The second kappa shape index (κ2) is 4.61. The Balaban J connectivity index is 2.32. The highest BCUT2D eigenvalue weighted by atomic mass is 19.1. The third kappa shape index (κ3) is 2.07. The topological polar surface area (TPSA) is 46.3 Å². The molecule has 1 aromatic carbocycles. The lowest BCUT2D eigenvalue weighted by molar-refractivity contribution is -0.123. The Kier molecular flexibility index (Phi) is 3.19. The number of primary amides is 1. The zero-order chi connectivity index (χ0) is 11.5. The van der Waals surface area contributed by atoms with Gasteiger partial charge in [-0.05, 0) is 32.0 Å². The van der Waals surface area contributed by atoms with Crippen LogP contribution in [0.25, 0.3) is 0 Å². The number of rotatable bonds is 3. The van der Waals surface area contributed by atoms with Gasteiger partial charge in [0.25, 0.3) is 0 Å². The Labute approximate surface area is 94.0 Å². The second-order valence-electron chi connectivity index (χ2n) is 4.07. The molecule has 1 aromatic rings. The van der Waals surface area contributed by atoms with Gasteiger partial charge in [-0.25, -0.2) is 4.39 Å². The van der Waals surface area contributed by atoms with E-state index in [9.17, 15) is 9.18 Å². The molecule has 4 heteroatoms. The van der Waals surface area contributed by atoms with Crippen LogP contribution in [0.5, 0.6) is 0 Å².